The minimum absolute atomic E-state index is 0. The third-order valence-electron chi connectivity index (χ3n) is 2.55. The molecule has 1 saturated heterocycles. The highest BCUT2D eigenvalue weighted by Gasteiger charge is 2.21. The number of rotatable bonds is 4. The molecule has 7 heteroatoms. The number of hydrogen-bond donors (Lipinski definition) is 2. The summed E-state index contributed by atoms with van der Waals surface area (Å²) in [6.45, 7) is 4.23. The second kappa shape index (κ2) is 8.27. The molecule has 1 fully saturated rings. The van der Waals surface area contributed by atoms with Crippen molar-refractivity contribution in [2.75, 3.05) is 39.9 Å². The molecule has 1 aliphatic heterocycles. The zero-order valence-electron chi connectivity index (χ0n) is 10.2. The van der Waals surface area contributed by atoms with Gasteiger partial charge in [-0.2, -0.15) is 0 Å². The van der Waals surface area contributed by atoms with E-state index in [1.54, 1.807) is 11.9 Å². The van der Waals surface area contributed by atoms with Crippen molar-refractivity contribution < 1.29 is 14.3 Å². The van der Waals surface area contributed by atoms with E-state index in [2.05, 4.69) is 10.6 Å². The highest BCUT2D eigenvalue weighted by molar-refractivity contribution is 5.87. The predicted molar refractivity (Wildman–Crippen MR) is 66.2 cm³/mol. The Labute approximate surface area is 107 Å². The molecule has 0 bridgehead atoms. The Hall–Kier alpha value is -0.850. The first kappa shape index (κ1) is 16.1. The summed E-state index contributed by atoms with van der Waals surface area (Å²) in [5.41, 5.74) is 0. The molecule has 100 valence electrons. The predicted octanol–water partition coefficient (Wildman–Crippen LogP) is -1.01. The molecule has 17 heavy (non-hydrogen) atoms. The van der Waals surface area contributed by atoms with Gasteiger partial charge in [0.25, 0.3) is 0 Å². The molecule has 1 unspecified atom stereocenters. The summed E-state index contributed by atoms with van der Waals surface area (Å²) < 4.78 is 5.16. The first-order valence-corrected chi connectivity index (χ1v) is 5.48. The molecule has 0 aromatic rings. The molecule has 2 amide bonds. The summed E-state index contributed by atoms with van der Waals surface area (Å²) in [5, 5.41) is 5.62. The molecule has 0 aromatic carbocycles. The lowest BCUT2D eigenvalue weighted by Crippen LogP contribution is -2.52. The SMILES string of the molecule is CCN(C)C(=O)CNC(=O)C1COCCN1.Cl. The first-order chi connectivity index (χ1) is 7.65. The Bertz CT molecular complexity index is 257. The smallest absolute Gasteiger partial charge is 0.241 e. The largest absolute Gasteiger partial charge is 0.378 e. The number of likely N-dealkylation sites (N-methyl/N-ethyl adjacent to an activating group) is 1. The molecule has 1 atom stereocenters. The van der Waals surface area contributed by atoms with Crippen LogP contribution in [0.3, 0.4) is 0 Å². The van der Waals surface area contributed by atoms with Crippen LogP contribution in [-0.2, 0) is 14.3 Å². The summed E-state index contributed by atoms with van der Waals surface area (Å²) in [4.78, 5) is 24.6. The molecule has 1 heterocycles. The van der Waals surface area contributed by atoms with Crippen LogP contribution >= 0.6 is 12.4 Å². The normalized spacial score (nSPS) is 19.1. The first-order valence-electron chi connectivity index (χ1n) is 5.48. The van der Waals surface area contributed by atoms with Crippen molar-refractivity contribution in [1.82, 2.24) is 15.5 Å². The van der Waals surface area contributed by atoms with E-state index in [1.807, 2.05) is 6.92 Å². The van der Waals surface area contributed by atoms with E-state index in [0.29, 0.717) is 26.3 Å². The molecule has 0 aromatic heterocycles. The Kier molecular flexibility index (Phi) is 7.86. The minimum atomic E-state index is -0.339. The Morgan fingerprint density at radius 2 is 2.24 bits per heavy atom. The van der Waals surface area contributed by atoms with Crippen molar-refractivity contribution in [3.63, 3.8) is 0 Å². The molecular weight excluding hydrogens is 246 g/mol. The fourth-order valence-corrected chi connectivity index (χ4v) is 1.33. The number of hydrogen-bond acceptors (Lipinski definition) is 4. The summed E-state index contributed by atoms with van der Waals surface area (Å²) in [7, 11) is 1.70. The monoisotopic (exact) mass is 265 g/mol. The van der Waals surface area contributed by atoms with Crippen molar-refractivity contribution in [2.24, 2.45) is 0 Å². The van der Waals surface area contributed by atoms with Gasteiger partial charge in [0, 0.05) is 20.1 Å². The van der Waals surface area contributed by atoms with Gasteiger partial charge in [0.05, 0.1) is 19.8 Å². The minimum Gasteiger partial charge on any atom is -0.378 e. The van der Waals surface area contributed by atoms with Gasteiger partial charge in [-0.15, -0.1) is 12.4 Å². The Balaban J connectivity index is 0.00000256. The van der Waals surface area contributed by atoms with Crippen molar-refractivity contribution in [2.45, 2.75) is 13.0 Å². The maximum Gasteiger partial charge on any atom is 0.241 e. The molecule has 2 N–H and O–H groups in total. The highest BCUT2D eigenvalue weighted by Crippen LogP contribution is 1.93. The molecule has 0 aliphatic carbocycles. The van der Waals surface area contributed by atoms with Crippen LogP contribution < -0.4 is 10.6 Å². The van der Waals surface area contributed by atoms with Crippen molar-refractivity contribution in [1.29, 1.82) is 0 Å². The van der Waals surface area contributed by atoms with E-state index in [9.17, 15) is 9.59 Å². The average molecular weight is 266 g/mol. The molecule has 0 spiro atoms. The van der Waals surface area contributed by atoms with Crippen LogP contribution in [0.25, 0.3) is 0 Å². The summed E-state index contributed by atoms with van der Waals surface area (Å²) in [6.07, 6.45) is 0. The second-order valence-electron chi connectivity index (χ2n) is 3.71. The van der Waals surface area contributed by atoms with Crippen molar-refractivity contribution in [3.8, 4) is 0 Å². The van der Waals surface area contributed by atoms with Crippen LogP contribution in [0.2, 0.25) is 0 Å². The maximum absolute atomic E-state index is 11.6. The van der Waals surface area contributed by atoms with Crippen molar-refractivity contribution in [3.05, 3.63) is 0 Å². The van der Waals surface area contributed by atoms with Crippen LogP contribution in [-0.4, -0.2) is 62.7 Å². The molecule has 0 radical (unpaired) electrons. The molecule has 6 nitrogen and oxygen atoms in total. The van der Waals surface area contributed by atoms with E-state index >= 15 is 0 Å². The van der Waals surface area contributed by atoms with Gasteiger partial charge < -0.3 is 20.3 Å². The van der Waals surface area contributed by atoms with Gasteiger partial charge in [-0.1, -0.05) is 0 Å². The topological polar surface area (TPSA) is 70.7 Å². The molecule has 0 saturated carbocycles. The van der Waals surface area contributed by atoms with Crippen LogP contribution in [0.4, 0.5) is 0 Å². The highest BCUT2D eigenvalue weighted by atomic mass is 35.5. The maximum atomic E-state index is 11.6. The standard InChI is InChI=1S/C10H19N3O3.ClH/c1-3-13(2)9(14)6-12-10(15)8-7-16-5-4-11-8;/h8,11H,3-7H2,1-2H3,(H,12,15);1H. The number of carbonyl (C=O) groups excluding carboxylic acids is 2. The third-order valence-corrected chi connectivity index (χ3v) is 2.55. The number of nitrogens with zero attached hydrogens (tertiary/aromatic N) is 1. The van der Waals surface area contributed by atoms with Gasteiger partial charge >= 0.3 is 0 Å². The van der Waals surface area contributed by atoms with E-state index < -0.39 is 0 Å². The van der Waals surface area contributed by atoms with Gasteiger partial charge in [-0.25, -0.2) is 0 Å². The number of morpholine rings is 1. The molecule has 1 rings (SSSR count). The van der Waals surface area contributed by atoms with Crippen molar-refractivity contribution >= 4 is 24.2 Å². The van der Waals surface area contributed by atoms with Crippen LogP contribution in [0.1, 0.15) is 6.92 Å². The van der Waals surface area contributed by atoms with Crippen LogP contribution in [0.15, 0.2) is 0 Å². The van der Waals surface area contributed by atoms with Crippen LogP contribution in [0, 0.1) is 0 Å². The Morgan fingerprint density at radius 1 is 1.53 bits per heavy atom. The summed E-state index contributed by atoms with van der Waals surface area (Å²) in [6, 6.07) is -0.339. The fraction of sp³-hybridized carbons (Fsp3) is 0.800. The second-order valence-corrected chi connectivity index (χ2v) is 3.71. The zero-order valence-corrected chi connectivity index (χ0v) is 11.0. The zero-order chi connectivity index (χ0) is 12.0. The number of halogens is 1. The Morgan fingerprint density at radius 3 is 2.76 bits per heavy atom. The summed E-state index contributed by atoms with van der Waals surface area (Å²) >= 11 is 0. The van der Waals surface area contributed by atoms with Gasteiger partial charge in [-0.05, 0) is 6.92 Å². The van der Waals surface area contributed by atoms with Crippen LogP contribution in [0.5, 0.6) is 0 Å². The number of carbonyl (C=O) groups is 2. The number of nitrogens with one attached hydrogen (secondary N) is 2. The quantitative estimate of drug-likeness (QED) is 0.684. The van der Waals surface area contributed by atoms with Gasteiger partial charge in [0.2, 0.25) is 11.8 Å². The van der Waals surface area contributed by atoms with E-state index in [1.165, 1.54) is 0 Å². The van der Waals surface area contributed by atoms with E-state index in [0.717, 1.165) is 0 Å². The average Bonchev–Trinajstić information content (AvgIpc) is 2.35. The summed E-state index contributed by atoms with van der Waals surface area (Å²) in [5.74, 6) is -0.273. The molecule has 1 aliphatic rings. The lowest BCUT2D eigenvalue weighted by molar-refractivity contribution is -0.133. The van der Waals surface area contributed by atoms with Gasteiger partial charge in [-0.3, -0.25) is 9.59 Å². The number of amides is 2. The lowest BCUT2D eigenvalue weighted by atomic mass is 10.2. The molecular formula is C10H20ClN3O3. The fourth-order valence-electron chi connectivity index (χ4n) is 1.33. The number of ether oxygens (including phenoxy) is 1. The van der Waals surface area contributed by atoms with Gasteiger partial charge in [0.15, 0.2) is 0 Å². The van der Waals surface area contributed by atoms with E-state index in [-0.39, 0.29) is 36.8 Å². The third kappa shape index (κ3) is 5.34. The lowest BCUT2D eigenvalue weighted by Gasteiger charge is -2.23. The van der Waals surface area contributed by atoms with E-state index in [4.69, 9.17) is 4.74 Å². The van der Waals surface area contributed by atoms with Gasteiger partial charge in [0.1, 0.15) is 6.04 Å².